The fourth-order valence-electron chi connectivity index (χ4n) is 2.97. The zero-order valence-corrected chi connectivity index (χ0v) is 15.9. The van der Waals surface area contributed by atoms with Gasteiger partial charge in [0.1, 0.15) is 24.6 Å². The highest BCUT2D eigenvalue weighted by atomic mass is 19.1. The van der Waals surface area contributed by atoms with E-state index in [9.17, 15) is 9.65 Å². The zero-order valence-electron chi connectivity index (χ0n) is 15.9. The SMILES string of the molecule is CC(C)(COc1ncc(C#N)c(-n2cnc3ccccc32)n1)c1ccnc(F)c1. The van der Waals surface area contributed by atoms with Gasteiger partial charge in [-0.3, -0.25) is 4.57 Å². The van der Waals surface area contributed by atoms with Gasteiger partial charge in [-0.15, -0.1) is 0 Å². The Kier molecular flexibility index (Phi) is 4.64. The number of para-hydroxylation sites is 2. The number of pyridine rings is 1. The Bertz CT molecular complexity index is 1230. The summed E-state index contributed by atoms with van der Waals surface area (Å²) in [5, 5.41) is 9.47. The summed E-state index contributed by atoms with van der Waals surface area (Å²) in [6.45, 7) is 4.07. The highest BCUT2D eigenvalue weighted by Crippen LogP contribution is 2.25. The largest absolute Gasteiger partial charge is 0.462 e. The molecule has 0 aliphatic heterocycles. The van der Waals surface area contributed by atoms with Crippen LogP contribution in [0.4, 0.5) is 4.39 Å². The molecule has 0 fully saturated rings. The van der Waals surface area contributed by atoms with Gasteiger partial charge in [0.15, 0.2) is 5.82 Å². The maximum atomic E-state index is 13.5. The van der Waals surface area contributed by atoms with E-state index in [0.717, 1.165) is 16.6 Å². The molecule has 0 saturated heterocycles. The molecule has 0 N–H and O–H groups in total. The molecule has 0 saturated carbocycles. The van der Waals surface area contributed by atoms with Gasteiger partial charge >= 0.3 is 6.01 Å². The van der Waals surface area contributed by atoms with Crippen molar-refractivity contribution < 1.29 is 9.13 Å². The fourth-order valence-corrected chi connectivity index (χ4v) is 2.97. The molecule has 144 valence electrons. The quantitative estimate of drug-likeness (QED) is 0.486. The molecule has 4 rings (SSSR count). The predicted octanol–water partition coefficient (Wildman–Crippen LogP) is 3.58. The minimum atomic E-state index is -0.542. The number of imidazole rings is 1. The van der Waals surface area contributed by atoms with Gasteiger partial charge in [0.05, 0.1) is 17.2 Å². The van der Waals surface area contributed by atoms with Crippen molar-refractivity contribution in [2.24, 2.45) is 0 Å². The van der Waals surface area contributed by atoms with Gasteiger partial charge in [0, 0.05) is 11.6 Å². The summed E-state index contributed by atoms with van der Waals surface area (Å²) >= 11 is 0. The Morgan fingerprint density at radius 3 is 2.79 bits per heavy atom. The van der Waals surface area contributed by atoms with Crippen LogP contribution in [0.15, 0.2) is 55.1 Å². The first-order valence-electron chi connectivity index (χ1n) is 8.92. The first-order valence-corrected chi connectivity index (χ1v) is 8.92. The lowest BCUT2D eigenvalue weighted by Crippen LogP contribution is -2.27. The van der Waals surface area contributed by atoms with E-state index >= 15 is 0 Å². The smallest absolute Gasteiger partial charge is 0.318 e. The average molecular weight is 388 g/mol. The first-order chi connectivity index (χ1) is 14.0. The maximum absolute atomic E-state index is 13.5. The Labute approximate surface area is 166 Å². The molecule has 0 unspecified atom stereocenters. The highest BCUT2D eigenvalue weighted by molar-refractivity contribution is 5.77. The molecular formula is C21H17FN6O. The van der Waals surface area contributed by atoms with Gasteiger partial charge in [0.2, 0.25) is 5.95 Å². The van der Waals surface area contributed by atoms with Crippen molar-refractivity contribution in [1.29, 1.82) is 5.26 Å². The standard InChI is InChI=1S/C21H17FN6O/c1-21(2,15-7-8-24-18(22)9-15)12-29-20-25-11-14(10-23)19(27-20)28-13-26-16-5-3-4-6-17(16)28/h3-9,11,13H,12H2,1-2H3. The second-order valence-corrected chi connectivity index (χ2v) is 7.14. The second-order valence-electron chi connectivity index (χ2n) is 7.14. The average Bonchev–Trinajstić information content (AvgIpc) is 3.16. The van der Waals surface area contributed by atoms with E-state index in [1.807, 2.05) is 38.1 Å². The van der Waals surface area contributed by atoms with Crippen molar-refractivity contribution in [3.05, 3.63) is 72.2 Å². The molecule has 0 amide bonds. The van der Waals surface area contributed by atoms with E-state index in [0.29, 0.717) is 11.4 Å². The van der Waals surface area contributed by atoms with Crippen LogP contribution < -0.4 is 4.74 Å². The molecule has 1 aromatic carbocycles. The zero-order chi connectivity index (χ0) is 20.4. The molecule has 7 nitrogen and oxygen atoms in total. The molecule has 29 heavy (non-hydrogen) atoms. The Morgan fingerprint density at radius 1 is 1.17 bits per heavy atom. The van der Waals surface area contributed by atoms with Crippen molar-refractivity contribution in [3.8, 4) is 17.9 Å². The number of hydrogen-bond acceptors (Lipinski definition) is 6. The summed E-state index contributed by atoms with van der Waals surface area (Å²) in [4.78, 5) is 16.5. The molecule has 3 aromatic heterocycles. The Hall–Kier alpha value is -3.86. The summed E-state index contributed by atoms with van der Waals surface area (Å²) in [6, 6.07) is 12.9. The Balaban J connectivity index is 1.65. The number of nitrogens with zero attached hydrogens (tertiary/aromatic N) is 6. The summed E-state index contributed by atoms with van der Waals surface area (Å²) in [7, 11) is 0. The van der Waals surface area contributed by atoms with Crippen LogP contribution in [0.2, 0.25) is 0 Å². The lowest BCUT2D eigenvalue weighted by molar-refractivity contribution is 0.223. The second kappa shape index (κ2) is 7.28. The molecule has 0 spiro atoms. The summed E-state index contributed by atoms with van der Waals surface area (Å²) < 4.78 is 21.0. The van der Waals surface area contributed by atoms with E-state index in [-0.39, 0.29) is 12.6 Å². The minimum absolute atomic E-state index is 0.124. The van der Waals surface area contributed by atoms with Crippen LogP contribution in [0, 0.1) is 17.3 Å². The molecule has 4 aromatic rings. The van der Waals surface area contributed by atoms with Crippen LogP contribution in [0.25, 0.3) is 16.9 Å². The predicted molar refractivity (Wildman–Crippen MR) is 104 cm³/mol. The van der Waals surface area contributed by atoms with E-state index < -0.39 is 11.4 Å². The van der Waals surface area contributed by atoms with Crippen molar-refractivity contribution in [2.75, 3.05) is 6.61 Å². The van der Waals surface area contributed by atoms with Gasteiger partial charge < -0.3 is 4.74 Å². The number of nitriles is 1. The van der Waals surface area contributed by atoms with Crippen LogP contribution in [-0.2, 0) is 5.41 Å². The lowest BCUT2D eigenvalue weighted by Gasteiger charge is -2.24. The maximum Gasteiger partial charge on any atom is 0.318 e. The number of ether oxygens (including phenoxy) is 1. The van der Waals surface area contributed by atoms with E-state index in [1.165, 1.54) is 18.5 Å². The van der Waals surface area contributed by atoms with E-state index in [1.54, 1.807) is 17.0 Å². The number of halogens is 1. The van der Waals surface area contributed by atoms with Gasteiger partial charge in [-0.25, -0.2) is 15.0 Å². The molecule has 3 heterocycles. The highest BCUT2D eigenvalue weighted by Gasteiger charge is 2.23. The normalized spacial score (nSPS) is 11.4. The molecule has 0 bridgehead atoms. The monoisotopic (exact) mass is 388 g/mol. The molecule has 0 radical (unpaired) electrons. The number of aromatic nitrogens is 5. The van der Waals surface area contributed by atoms with E-state index in [2.05, 4.69) is 26.0 Å². The third-order valence-electron chi connectivity index (χ3n) is 4.62. The van der Waals surface area contributed by atoms with E-state index in [4.69, 9.17) is 4.74 Å². The van der Waals surface area contributed by atoms with Crippen molar-refractivity contribution in [1.82, 2.24) is 24.5 Å². The van der Waals surface area contributed by atoms with Gasteiger partial charge in [-0.05, 0) is 29.8 Å². The van der Waals surface area contributed by atoms with Crippen LogP contribution in [0.5, 0.6) is 6.01 Å². The van der Waals surface area contributed by atoms with Crippen LogP contribution >= 0.6 is 0 Å². The number of rotatable bonds is 5. The van der Waals surface area contributed by atoms with Crippen LogP contribution in [-0.4, -0.2) is 31.1 Å². The van der Waals surface area contributed by atoms with Gasteiger partial charge in [0.25, 0.3) is 0 Å². The van der Waals surface area contributed by atoms with Crippen molar-refractivity contribution >= 4 is 11.0 Å². The van der Waals surface area contributed by atoms with Crippen molar-refractivity contribution in [3.63, 3.8) is 0 Å². The molecule has 0 aliphatic carbocycles. The number of benzene rings is 1. The summed E-state index contributed by atoms with van der Waals surface area (Å²) in [6.07, 6.45) is 4.46. The fraction of sp³-hybridized carbons (Fsp3) is 0.190. The third kappa shape index (κ3) is 3.62. The van der Waals surface area contributed by atoms with Gasteiger partial charge in [-0.2, -0.15) is 14.6 Å². The van der Waals surface area contributed by atoms with Crippen LogP contribution in [0.1, 0.15) is 25.0 Å². The molecule has 0 aliphatic rings. The third-order valence-corrected chi connectivity index (χ3v) is 4.62. The lowest BCUT2D eigenvalue weighted by atomic mass is 9.86. The first kappa shape index (κ1) is 18.5. The number of hydrogen-bond donors (Lipinski definition) is 0. The topological polar surface area (TPSA) is 89.5 Å². The Morgan fingerprint density at radius 2 is 2.00 bits per heavy atom. The summed E-state index contributed by atoms with van der Waals surface area (Å²) in [5.41, 5.74) is 2.16. The van der Waals surface area contributed by atoms with Crippen molar-refractivity contribution in [2.45, 2.75) is 19.3 Å². The number of fused-ring (bicyclic) bond motifs is 1. The summed E-state index contributed by atoms with van der Waals surface area (Å²) in [5.74, 6) is -0.154. The van der Waals surface area contributed by atoms with Crippen LogP contribution in [0.3, 0.4) is 0 Å². The molecule has 8 heteroatoms. The van der Waals surface area contributed by atoms with Gasteiger partial charge in [-0.1, -0.05) is 26.0 Å². The molecular weight excluding hydrogens is 371 g/mol. The molecule has 0 atom stereocenters. The minimum Gasteiger partial charge on any atom is -0.462 e.